The number of aliphatic imine (C=N–C) groups is 2. The molecule has 2 heterocycles. The van der Waals surface area contributed by atoms with Gasteiger partial charge in [-0.3, -0.25) is 19.4 Å². The number of rotatable bonds is 9. The van der Waals surface area contributed by atoms with Gasteiger partial charge in [-0.1, -0.05) is 55.1 Å². The molecule has 0 unspecified atom stereocenters. The third-order valence-corrected chi connectivity index (χ3v) is 8.11. The first-order valence-electron chi connectivity index (χ1n) is 13.5. The van der Waals surface area contributed by atoms with Gasteiger partial charge < -0.3 is 10.6 Å². The molecule has 0 radical (unpaired) electrons. The van der Waals surface area contributed by atoms with Crippen LogP contribution in [-0.2, 0) is 20.9 Å². The van der Waals surface area contributed by atoms with E-state index in [1.807, 2.05) is 62.4 Å². The van der Waals surface area contributed by atoms with E-state index in [1.54, 1.807) is 12.1 Å². The van der Waals surface area contributed by atoms with Gasteiger partial charge in [0.2, 0.25) is 11.8 Å². The molecule has 0 fully saturated rings. The second-order valence-corrected chi connectivity index (χ2v) is 11.0. The monoisotopic (exact) mass is 571 g/mol. The highest BCUT2D eigenvalue weighted by Gasteiger charge is 2.42. The SMILES string of the molecule is CC[C@@H](SC1=Nc2ccccc2C2=N[C@@H](CCC(=O)NCc3ccc(F)cc3)C(=O)N12)C(=O)Nc1cccc(C)c1. The highest BCUT2D eigenvalue weighted by Crippen LogP contribution is 2.36. The Morgan fingerprint density at radius 2 is 1.85 bits per heavy atom. The largest absolute Gasteiger partial charge is 0.352 e. The van der Waals surface area contributed by atoms with Crippen LogP contribution < -0.4 is 10.6 Å². The van der Waals surface area contributed by atoms with Gasteiger partial charge in [-0.05, 0) is 67.3 Å². The number of amides is 3. The van der Waals surface area contributed by atoms with Crippen molar-refractivity contribution in [2.75, 3.05) is 5.32 Å². The molecule has 8 nitrogen and oxygen atoms in total. The van der Waals surface area contributed by atoms with E-state index in [1.165, 1.54) is 28.8 Å². The van der Waals surface area contributed by atoms with Crippen LogP contribution in [0.25, 0.3) is 0 Å². The fraction of sp³-hybridized carbons (Fsp3) is 0.258. The first kappa shape index (κ1) is 28.2. The van der Waals surface area contributed by atoms with Gasteiger partial charge in [-0.2, -0.15) is 0 Å². The van der Waals surface area contributed by atoms with E-state index in [4.69, 9.17) is 9.98 Å². The minimum absolute atomic E-state index is 0.0972. The van der Waals surface area contributed by atoms with Crippen LogP contribution in [0, 0.1) is 12.7 Å². The number of nitrogens with one attached hydrogen (secondary N) is 2. The predicted octanol–water partition coefficient (Wildman–Crippen LogP) is 5.34. The molecule has 0 aliphatic carbocycles. The zero-order valence-corrected chi connectivity index (χ0v) is 23.6. The quantitative estimate of drug-likeness (QED) is 0.362. The van der Waals surface area contributed by atoms with Gasteiger partial charge in [-0.25, -0.2) is 14.3 Å². The number of hydrogen-bond acceptors (Lipinski definition) is 6. The molecule has 41 heavy (non-hydrogen) atoms. The molecule has 210 valence electrons. The first-order valence-corrected chi connectivity index (χ1v) is 14.4. The molecule has 3 amide bonds. The van der Waals surface area contributed by atoms with Crippen molar-refractivity contribution < 1.29 is 18.8 Å². The average Bonchev–Trinajstić information content (AvgIpc) is 3.30. The Bertz CT molecular complexity index is 1540. The number of amidine groups is 2. The Labute approximate surface area is 242 Å². The van der Waals surface area contributed by atoms with Crippen LogP contribution in [0.5, 0.6) is 0 Å². The molecule has 3 aromatic carbocycles. The number of thioether (sulfide) groups is 1. The van der Waals surface area contributed by atoms with Gasteiger partial charge in [0, 0.05) is 24.2 Å². The number of anilines is 1. The Morgan fingerprint density at radius 3 is 2.61 bits per heavy atom. The molecule has 0 bridgehead atoms. The predicted molar refractivity (Wildman–Crippen MR) is 160 cm³/mol. The zero-order valence-electron chi connectivity index (χ0n) is 22.8. The lowest BCUT2D eigenvalue weighted by atomic mass is 10.1. The lowest BCUT2D eigenvalue weighted by Gasteiger charge is -2.27. The molecule has 5 rings (SSSR count). The molecule has 2 aliphatic rings. The van der Waals surface area contributed by atoms with Crippen molar-refractivity contribution in [2.24, 2.45) is 9.98 Å². The molecular formula is C31H30FN5O3S. The van der Waals surface area contributed by atoms with E-state index in [2.05, 4.69) is 10.6 Å². The summed E-state index contributed by atoms with van der Waals surface area (Å²) in [4.78, 5) is 50.3. The summed E-state index contributed by atoms with van der Waals surface area (Å²) in [5.74, 6) is -0.538. The number of carbonyl (C=O) groups excluding carboxylic acids is 3. The highest BCUT2D eigenvalue weighted by atomic mass is 32.2. The fourth-order valence-electron chi connectivity index (χ4n) is 4.62. The van der Waals surface area contributed by atoms with Crippen molar-refractivity contribution in [1.29, 1.82) is 0 Å². The van der Waals surface area contributed by atoms with Crippen molar-refractivity contribution in [3.63, 3.8) is 0 Å². The third-order valence-electron chi connectivity index (χ3n) is 6.79. The van der Waals surface area contributed by atoms with Gasteiger partial charge in [0.05, 0.1) is 10.9 Å². The van der Waals surface area contributed by atoms with Crippen LogP contribution in [0.1, 0.15) is 42.9 Å². The summed E-state index contributed by atoms with van der Waals surface area (Å²) in [6.07, 6.45) is 0.842. The topological polar surface area (TPSA) is 103 Å². The van der Waals surface area contributed by atoms with E-state index < -0.39 is 11.3 Å². The number of para-hydroxylation sites is 1. The van der Waals surface area contributed by atoms with Crippen LogP contribution >= 0.6 is 11.8 Å². The summed E-state index contributed by atoms with van der Waals surface area (Å²) in [5, 5.41) is 5.67. The minimum atomic E-state index is -0.750. The van der Waals surface area contributed by atoms with Crippen molar-refractivity contribution in [1.82, 2.24) is 10.2 Å². The normalized spacial score (nSPS) is 16.3. The van der Waals surface area contributed by atoms with Crippen LogP contribution in [0.4, 0.5) is 15.8 Å². The smallest absolute Gasteiger partial charge is 0.259 e. The van der Waals surface area contributed by atoms with Gasteiger partial charge in [-0.15, -0.1) is 0 Å². The standard InChI is InChI=1S/C31H30FN5O3S/c1-3-26(29(39)34-22-8-6-7-19(2)17-22)41-31-36-24-10-5-4-9-23(24)28-35-25(30(40)37(28)31)15-16-27(38)33-18-20-11-13-21(32)14-12-20/h4-14,17,25-26H,3,15-16,18H2,1-2H3,(H,33,38)(H,34,39)/t25-,26+/m0/s1. The van der Waals surface area contributed by atoms with Crippen LogP contribution in [0.15, 0.2) is 82.8 Å². The summed E-state index contributed by atoms with van der Waals surface area (Å²) in [5.41, 5.74) is 3.92. The number of carbonyl (C=O) groups is 3. The molecule has 2 N–H and O–H groups in total. The van der Waals surface area contributed by atoms with Gasteiger partial charge >= 0.3 is 0 Å². The number of benzene rings is 3. The maximum absolute atomic E-state index is 13.6. The maximum atomic E-state index is 13.6. The maximum Gasteiger partial charge on any atom is 0.259 e. The van der Waals surface area contributed by atoms with E-state index in [9.17, 15) is 18.8 Å². The number of aryl methyl sites for hydroxylation is 1. The second-order valence-electron chi connectivity index (χ2n) is 9.87. The van der Waals surface area contributed by atoms with Crippen molar-refractivity contribution in [3.8, 4) is 0 Å². The van der Waals surface area contributed by atoms with Crippen molar-refractivity contribution in [2.45, 2.75) is 50.9 Å². The Balaban J connectivity index is 1.28. The molecule has 0 saturated carbocycles. The highest BCUT2D eigenvalue weighted by molar-refractivity contribution is 8.15. The Morgan fingerprint density at radius 1 is 1.07 bits per heavy atom. The third kappa shape index (κ3) is 6.54. The molecule has 2 atom stereocenters. The van der Waals surface area contributed by atoms with Crippen LogP contribution in [0.2, 0.25) is 0 Å². The molecule has 0 saturated heterocycles. The van der Waals surface area contributed by atoms with E-state index in [0.717, 1.165) is 16.7 Å². The number of halogens is 1. The number of fused-ring (bicyclic) bond motifs is 3. The Hall–Kier alpha value is -4.31. The molecule has 10 heteroatoms. The summed E-state index contributed by atoms with van der Waals surface area (Å²) >= 11 is 1.23. The van der Waals surface area contributed by atoms with E-state index in [0.29, 0.717) is 28.8 Å². The van der Waals surface area contributed by atoms with Gasteiger partial charge in [0.15, 0.2) is 5.17 Å². The molecule has 3 aromatic rings. The second kappa shape index (κ2) is 12.5. The van der Waals surface area contributed by atoms with E-state index >= 15 is 0 Å². The average molecular weight is 572 g/mol. The molecule has 0 aromatic heterocycles. The lowest BCUT2D eigenvalue weighted by Crippen LogP contribution is -2.42. The number of hydrogen-bond donors (Lipinski definition) is 2. The summed E-state index contributed by atoms with van der Waals surface area (Å²) in [6, 6.07) is 20.2. The van der Waals surface area contributed by atoms with Gasteiger partial charge in [0.1, 0.15) is 17.7 Å². The molecule has 2 aliphatic heterocycles. The number of nitrogens with zero attached hydrogens (tertiary/aromatic N) is 3. The van der Waals surface area contributed by atoms with Crippen LogP contribution in [0.3, 0.4) is 0 Å². The summed E-state index contributed by atoms with van der Waals surface area (Å²) in [6.45, 7) is 4.14. The van der Waals surface area contributed by atoms with E-state index in [-0.39, 0.29) is 42.9 Å². The fourth-order valence-corrected chi connectivity index (χ4v) is 5.64. The summed E-state index contributed by atoms with van der Waals surface area (Å²) < 4.78 is 13.1. The summed E-state index contributed by atoms with van der Waals surface area (Å²) in [7, 11) is 0. The molecular weight excluding hydrogens is 541 g/mol. The van der Waals surface area contributed by atoms with Gasteiger partial charge in [0.25, 0.3) is 5.91 Å². The lowest BCUT2D eigenvalue weighted by molar-refractivity contribution is -0.125. The molecule has 0 spiro atoms. The van der Waals surface area contributed by atoms with Crippen molar-refractivity contribution in [3.05, 3.63) is 95.3 Å². The Kier molecular flexibility index (Phi) is 8.58. The first-order chi connectivity index (χ1) is 19.8. The zero-order chi connectivity index (χ0) is 28.9. The minimum Gasteiger partial charge on any atom is -0.352 e. The van der Waals surface area contributed by atoms with Crippen LogP contribution in [-0.4, -0.2) is 44.9 Å². The van der Waals surface area contributed by atoms with Crippen molar-refractivity contribution >= 4 is 51.9 Å².